The number of anilines is 5. The molecule has 0 unspecified atom stereocenters. The number of hydrogen-bond acceptors (Lipinski definition) is 8. The monoisotopic (exact) mass is 496 g/mol. The first-order valence-electron chi connectivity index (χ1n) is 11.2. The van der Waals surface area contributed by atoms with Gasteiger partial charge in [-0.1, -0.05) is 18.2 Å². The average molecular weight is 497 g/mol. The van der Waals surface area contributed by atoms with E-state index in [9.17, 15) is 13.2 Å². The molecule has 0 atom stereocenters. The van der Waals surface area contributed by atoms with Crippen molar-refractivity contribution in [1.29, 1.82) is 0 Å². The molecule has 1 aliphatic carbocycles. The van der Waals surface area contributed by atoms with E-state index in [1.807, 2.05) is 18.3 Å². The summed E-state index contributed by atoms with van der Waals surface area (Å²) in [7, 11) is -2.03. The molecule has 1 saturated carbocycles. The Morgan fingerprint density at radius 3 is 2.46 bits per heavy atom. The van der Waals surface area contributed by atoms with Crippen molar-refractivity contribution < 1.29 is 18.0 Å². The van der Waals surface area contributed by atoms with Crippen molar-refractivity contribution in [1.82, 2.24) is 15.4 Å². The Balaban J connectivity index is 1.66. The van der Waals surface area contributed by atoms with Crippen molar-refractivity contribution in [3.05, 3.63) is 66.0 Å². The summed E-state index contributed by atoms with van der Waals surface area (Å²) in [5.74, 6) is 1.20. The Morgan fingerprint density at radius 1 is 1.06 bits per heavy atom. The van der Waals surface area contributed by atoms with E-state index in [1.165, 1.54) is 36.0 Å². The molecular formula is C24H28N6O4S. The molecule has 0 bridgehead atoms. The number of para-hydroxylation sites is 2. The van der Waals surface area contributed by atoms with Crippen molar-refractivity contribution in [2.24, 2.45) is 0 Å². The molecule has 0 spiro atoms. The summed E-state index contributed by atoms with van der Waals surface area (Å²) in [5.41, 5.74) is 5.14. The third-order valence-corrected chi connectivity index (χ3v) is 6.75. The largest absolute Gasteiger partial charge is 0.353 e. The van der Waals surface area contributed by atoms with Gasteiger partial charge in [0.15, 0.2) is 0 Å². The molecule has 1 fully saturated rings. The van der Waals surface area contributed by atoms with Crippen LogP contribution in [0.25, 0.3) is 0 Å². The lowest BCUT2D eigenvalue weighted by Crippen LogP contribution is -2.26. The predicted octanol–water partition coefficient (Wildman–Crippen LogP) is 3.92. The molecule has 1 aliphatic rings. The molecule has 2 aromatic heterocycles. The van der Waals surface area contributed by atoms with Crippen molar-refractivity contribution in [3.8, 4) is 0 Å². The quantitative estimate of drug-likeness (QED) is 0.361. The molecule has 11 heteroatoms. The Bertz CT molecular complexity index is 1310. The maximum Gasteiger partial charge on any atom is 0.278 e. The summed E-state index contributed by atoms with van der Waals surface area (Å²) >= 11 is 0. The van der Waals surface area contributed by atoms with Gasteiger partial charge in [0.25, 0.3) is 5.91 Å². The van der Waals surface area contributed by atoms with Crippen molar-refractivity contribution in [2.75, 3.05) is 34.8 Å². The number of hydrogen-bond donors (Lipinski definition) is 3. The molecule has 0 radical (unpaired) electrons. The average Bonchev–Trinajstić information content (AvgIpc) is 3.68. The molecule has 0 saturated heterocycles. The van der Waals surface area contributed by atoms with Gasteiger partial charge in [-0.25, -0.2) is 23.9 Å². The van der Waals surface area contributed by atoms with Crippen molar-refractivity contribution in [3.63, 3.8) is 0 Å². The first kappa shape index (κ1) is 24.4. The van der Waals surface area contributed by atoms with Crippen LogP contribution in [0.1, 0.15) is 41.6 Å². The van der Waals surface area contributed by atoms with Crippen LogP contribution in [0.3, 0.4) is 0 Å². The fraction of sp³-hybridized carbons (Fsp3) is 0.292. The number of sulfonamides is 1. The minimum absolute atomic E-state index is 0.220. The van der Waals surface area contributed by atoms with Crippen LogP contribution in [-0.4, -0.2) is 44.2 Å². The second kappa shape index (κ2) is 10.3. The number of amides is 1. The summed E-state index contributed by atoms with van der Waals surface area (Å²) in [6, 6.07) is 12.5. The third kappa shape index (κ3) is 6.06. The highest BCUT2D eigenvalue weighted by Crippen LogP contribution is 2.40. The lowest BCUT2D eigenvalue weighted by molar-refractivity contribution is 0.0365. The van der Waals surface area contributed by atoms with Crippen LogP contribution < -0.4 is 20.4 Å². The van der Waals surface area contributed by atoms with Crippen LogP contribution in [-0.2, 0) is 14.9 Å². The number of carbonyl (C=O) groups excluding carboxylic acids is 1. The summed E-state index contributed by atoms with van der Waals surface area (Å²) in [6.07, 6.45) is 6.81. The number of nitrogens with zero attached hydrogens (tertiary/aromatic N) is 3. The van der Waals surface area contributed by atoms with Crippen LogP contribution >= 0.6 is 0 Å². The van der Waals surface area contributed by atoms with Crippen molar-refractivity contribution >= 4 is 44.6 Å². The number of benzene rings is 1. The third-order valence-electron chi connectivity index (χ3n) is 5.56. The topological polar surface area (TPSA) is 126 Å². The molecule has 3 aromatic rings. The van der Waals surface area contributed by atoms with Gasteiger partial charge in [-0.2, -0.15) is 0 Å². The van der Waals surface area contributed by atoms with E-state index in [4.69, 9.17) is 4.84 Å². The number of rotatable bonds is 10. The van der Waals surface area contributed by atoms with E-state index in [0.717, 1.165) is 6.26 Å². The van der Waals surface area contributed by atoms with Crippen LogP contribution in [0, 0.1) is 0 Å². The number of aromatic nitrogens is 2. The zero-order valence-corrected chi connectivity index (χ0v) is 20.6. The second-order valence-electron chi connectivity index (χ2n) is 8.23. The minimum Gasteiger partial charge on any atom is -0.353 e. The minimum atomic E-state index is -3.50. The maximum atomic E-state index is 12.7. The first-order valence-corrected chi connectivity index (χ1v) is 13.1. The molecule has 3 N–H and O–H groups in total. The molecule has 35 heavy (non-hydrogen) atoms. The summed E-state index contributed by atoms with van der Waals surface area (Å²) in [4.78, 5) is 26.6. The molecule has 184 valence electrons. The zero-order valence-electron chi connectivity index (χ0n) is 19.8. The Labute approximate surface area is 204 Å². The van der Waals surface area contributed by atoms with E-state index in [0.29, 0.717) is 41.2 Å². The first-order chi connectivity index (χ1) is 16.8. The number of carbonyl (C=O) groups is 1. The van der Waals surface area contributed by atoms with E-state index >= 15 is 0 Å². The van der Waals surface area contributed by atoms with Crippen LogP contribution in [0.4, 0.5) is 28.7 Å². The normalized spacial score (nSPS) is 13.2. The van der Waals surface area contributed by atoms with Crippen molar-refractivity contribution in [2.45, 2.75) is 25.7 Å². The van der Waals surface area contributed by atoms with E-state index in [1.54, 1.807) is 37.3 Å². The standard InChI is InChI=1S/C24H28N6O4S/c1-4-34-29-24(31)18-15-26-23(28-22-12-11-17(14-25-22)16-9-10-16)13-20(18)27-19-7-5-6-8-21(19)30(2)35(3,32)33/h5-8,11-16H,4,9-10H2,1-3H3,(H,29,31)(H2,25,26,27,28). The van der Waals surface area contributed by atoms with Gasteiger partial charge in [-0.15, -0.1) is 0 Å². The predicted molar refractivity (Wildman–Crippen MR) is 136 cm³/mol. The maximum absolute atomic E-state index is 12.7. The van der Waals surface area contributed by atoms with Gasteiger partial charge >= 0.3 is 0 Å². The Hall–Kier alpha value is -3.70. The molecule has 2 heterocycles. The van der Waals surface area contributed by atoms with Crippen LogP contribution in [0.2, 0.25) is 0 Å². The van der Waals surface area contributed by atoms with Crippen LogP contribution in [0.5, 0.6) is 0 Å². The summed E-state index contributed by atoms with van der Waals surface area (Å²) < 4.78 is 25.5. The highest BCUT2D eigenvalue weighted by molar-refractivity contribution is 7.92. The zero-order chi connectivity index (χ0) is 25.0. The summed E-state index contributed by atoms with van der Waals surface area (Å²) in [5, 5.41) is 6.34. The molecule has 0 aliphatic heterocycles. The van der Waals surface area contributed by atoms with E-state index in [2.05, 4.69) is 26.1 Å². The van der Waals surface area contributed by atoms with E-state index < -0.39 is 15.9 Å². The lowest BCUT2D eigenvalue weighted by atomic mass is 10.2. The SMILES string of the molecule is CCONC(=O)c1cnc(Nc2ccc(C3CC3)cn2)cc1Nc1ccccc1N(C)S(C)(=O)=O. The van der Waals surface area contributed by atoms with Gasteiger partial charge in [0.2, 0.25) is 10.0 Å². The van der Waals surface area contributed by atoms with Crippen LogP contribution in [0.15, 0.2) is 54.9 Å². The lowest BCUT2D eigenvalue weighted by Gasteiger charge is -2.22. The molecular weight excluding hydrogens is 468 g/mol. The fourth-order valence-electron chi connectivity index (χ4n) is 3.45. The summed E-state index contributed by atoms with van der Waals surface area (Å²) in [6.45, 7) is 2.05. The van der Waals surface area contributed by atoms with Gasteiger partial charge < -0.3 is 10.6 Å². The number of nitrogens with one attached hydrogen (secondary N) is 3. The highest BCUT2D eigenvalue weighted by Gasteiger charge is 2.23. The number of pyridine rings is 2. The number of hydroxylamine groups is 1. The molecule has 10 nitrogen and oxygen atoms in total. The van der Waals surface area contributed by atoms with Gasteiger partial charge in [0, 0.05) is 25.5 Å². The Morgan fingerprint density at radius 2 is 1.80 bits per heavy atom. The van der Waals surface area contributed by atoms with Gasteiger partial charge in [0.05, 0.1) is 35.5 Å². The second-order valence-corrected chi connectivity index (χ2v) is 10.2. The molecule has 1 aromatic carbocycles. The highest BCUT2D eigenvalue weighted by atomic mass is 32.2. The van der Waals surface area contributed by atoms with Gasteiger partial charge in [0.1, 0.15) is 11.6 Å². The molecule has 1 amide bonds. The van der Waals surface area contributed by atoms with E-state index in [-0.39, 0.29) is 5.56 Å². The smallest absolute Gasteiger partial charge is 0.278 e. The fourth-order valence-corrected chi connectivity index (χ4v) is 3.96. The van der Waals surface area contributed by atoms with Gasteiger partial charge in [-0.05, 0) is 49.4 Å². The molecule has 4 rings (SSSR count). The van der Waals surface area contributed by atoms with Gasteiger partial charge in [-0.3, -0.25) is 13.9 Å². The Kier molecular flexibility index (Phi) is 7.17.